The van der Waals surface area contributed by atoms with Crippen LogP contribution in [-0.2, 0) is 11.4 Å². The molecule has 0 bridgehead atoms. The molecule has 0 aliphatic carbocycles. The summed E-state index contributed by atoms with van der Waals surface area (Å²) in [7, 11) is 1.67. The fourth-order valence-corrected chi connectivity index (χ4v) is 1.89. The molecule has 0 saturated carbocycles. The van der Waals surface area contributed by atoms with E-state index in [0.717, 1.165) is 43.1 Å². The van der Waals surface area contributed by atoms with Crippen LogP contribution in [0.1, 0.15) is 18.4 Å². The number of nitrogens with two attached hydrogens (primary N) is 1. The summed E-state index contributed by atoms with van der Waals surface area (Å²) in [5, 5.41) is 1.97. The summed E-state index contributed by atoms with van der Waals surface area (Å²) in [5.74, 6) is 0.864. The molecule has 1 aromatic rings. The first-order valence-electron chi connectivity index (χ1n) is 5.60. The molecule has 0 unspecified atom stereocenters. The number of hydrogen-bond donors (Lipinski definition) is 1. The number of nitrogens with zero attached hydrogens (tertiary/aromatic N) is 1. The van der Waals surface area contributed by atoms with Crippen LogP contribution < -0.4 is 10.5 Å². The Hall–Kier alpha value is -1.26. The second kappa shape index (κ2) is 5.18. The van der Waals surface area contributed by atoms with Crippen LogP contribution in [0.3, 0.4) is 0 Å². The molecular formula is C12H18N2O2. The van der Waals surface area contributed by atoms with Crippen molar-refractivity contribution in [1.82, 2.24) is 5.06 Å². The first-order chi connectivity index (χ1) is 7.79. The monoisotopic (exact) mass is 222 g/mol. The lowest BCUT2D eigenvalue weighted by Crippen LogP contribution is -2.29. The Morgan fingerprint density at radius 2 is 2.31 bits per heavy atom. The Kier molecular flexibility index (Phi) is 3.64. The predicted octanol–water partition coefficient (Wildman–Crippen LogP) is 1.80. The average Bonchev–Trinajstić information content (AvgIpc) is 2.31. The van der Waals surface area contributed by atoms with Crippen molar-refractivity contribution in [3.05, 3.63) is 23.8 Å². The van der Waals surface area contributed by atoms with E-state index in [1.165, 1.54) is 6.42 Å². The minimum atomic E-state index is 0.730. The third kappa shape index (κ3) is 2.65. The van der Waals surface area contributed by atoms with E-state index >= 15 is 0 Å². The molecule has 1 aromatic carbocycles. The van der Waals surface area contributed by atoms with Crippen LogP contribution in [0.25, 0.3) is 0 Å². The molecule has 0 atom stereocenters. The van der Waals surface area contributed by atoms with E-state index in [0.29, 0.717) is 0 Å². The fourth-order valence-electron chi connectivity index (χ4n) is 1.89. The maximum Gasteiger partial charge on any atom is 0.123 e. The van der Waals surface area contributed by atoms with Crippen molar-refractivity contribution in [2.45, 2.75) is 19.4 Å². The Morgan fingerprint density at radius 3 is 3.00 bits per heavy atom. The van der Waals surface area contributed by atoms with Gasteiger partial charge >= 0.3 is 0 Å². The van der Waals surface area contributed by atoms with E-state index in [-0.39, 0.29) is 0 Å². The lowest BCUT2D eigenvalue weighted by atomic mass is 10.1. The molecular weight excluding hydrogens is 204 g/mol. The lowest BCUT2D eigenvalue weighted by molar-refractivity contribution is -0.187. The minimum absolute atomic E-state index is 0.730. The molecule has 2 N–H and O–H groups in total. The van der Waals surface area contributed by atoms with Gasteiger partial charge in [-0.15, -0.1) is 0 Å². The summed E-state index contributed by atoms with van der Waals surface area (Å²) in [6.07, 6.45) is 2.33. The van der Waals surface area contributed by atoms with Gasteiger partial charge in [0.25, 0.3) is 0 Å². The smallest absolute Gasteiger partial charge is 0.123 e. The zero-order chi connectivity index (χ0) is 11.4. The number of methoxy groups -OCH3 is 1. The Balaban J connectivity index is 2.09. The molecule has 1 aliphatic heterocycles. The molecule has 2 rings (SSSR count). The van der Waals surface area contributed by atoms with Crippen LogP contribution in [0.4, 0.5) is 5.69 Å². The van der Waals surface area contributed by atoms with E-state index in [1.807, 2.05) is 23.3 Å². The summed E-state index contributed by atoms with van der Waals surface area (Å²) in [4.78, 5) is 5.56. The first kappa shape index (κ1) is 11.2. The molecule has 1 saturated heterocycles. The highest BCUT2D eigenvalue weighted by atomic mass is 16.7. The molecule has 0 spiro atoms. The van der Waals surface area contributed by atoms with Crippen LogP contribution in [0.5, 0.6) is 5.75 Å². The molecule has 0 amide bonds. The highest BCUT2D eigenvalue weighted by Crippen LogP contribution is 2.23. The van der Waals surface area contributed by atoms with Crippen molar-refractivity contribution in [3.63, 3.8) is 0 Å². The van der Waals surface area contributed by atoms with Gasteiger partial charge < -0.3 is 10.5 Å². The predicted molar refractivity (Wildman–Crippen MR) is 63.0 cm³/mol. The van der Waals surface area contributed by atoms with Crippen molar-refractivity contribution in [2.75, 3.05) is 26.0 Å². The second-order valence-electron chi connectivity index (χ2n) is 3.98. The van der Waals surface area contributed by atoms with Gasteiger partial charge in [0.15, 0.2) is 0 Å². The van der Waals surface area contributed by atoms with Gasteiger partial charge in [-0.1, -0.05) is 0 Å². The highest BCUT2D eigenvalue weighted by molar-refractivity contribution is 5.47. The maximum atomic E-state index is 5.77. The van der Waals surface area contributed by atoms with E-state index < -0.39 is 0 Å². The largest absolute Gasteiger partial charge is 0.496 e. The van der Waals surface area contributed by atoms with Crippen molar-refractivity contribution in [3.8, 4) is 5.75 Å². The van der Waals surface area contributed by atoms with Gasteiger partial charge in [-0.3, -0.25) is 4.84 Å². The number of rotatable bonds is 3. The van der Waals surface area contributed by atoms with Gasteiger partial charge in [0.1, 0.15) is 5.75 Å². The molecule has 0 aromatic heterocycles. The molecule has 1 fully saturated rings. The van der Waals surface area contributed by atoms with Gasteiger partial charge in [-0.2, -0.15) is 5.06 Å². The van der Waals surface area contributed by atoms with Crippen LogP contribution >= 0.6 is 0 Å². The van der Waals surface area contributed by atoms with Crippen molar-refractivity contribution >= 4 is 5.69 Å². The van der Waals surface area contributed by atoms with E-state index in [1.54, 1.807) is 7.11 Å². The Labute approximate surface area is 95.9 Å². The lowest BCUT2D eigenvalue weighted by Gasteiger charge is -2.26. The third-order valence-electron chi connectivity index (χ3n) is 2.73. The van der Waals surface area contributed by atoms with Crippen LogP contribution in [-0.4, -0.2) is 25.3 Å². The van der Waals surface area contributed by atoms with Crippen LogP contribution in [0.2, 0.25) is 0 Å². The van der Waals surface area contributed by atoms with Gasteiger partial charge in [0, 0.05) is 17.8 Å². The number of anilines is 1. The first-order valence-corrected chi connectivity index (χ1v) is 5.60. The summed E-state index contributed by atoms with van der Waals surface area (Å²) >= 11 is 0. The zero-order valence-electron chi connectivity index (χ0n) is 9.61. The molecule has 1 aliphatic rings. The summed E-state index contributed by atoms with van der Waals surface area (Å²) in [5.41, 5.74) is 7.60. The standard InChI is InChI=1S/C12H18N2O2/c1-15-12-5-4-11(13)8-10(12)9-14-6-2-3-7-16-14/h4-5,8H,2-3,6-7,9,13H2,1H3. The minimum Gasteiger partial charge on any atom is -0.496 e. The van der Waals surface area contributed by atoms with Gasteiger partial charge in [-0.25, -0.2) is 0 Å². The molecule has 88 valence electrons. The summed E-state index contributed by atoms with van der Waals surface area (Å²) < 4.78 is 5.30. The Bertz CT molecular complexity index is 349. The van der Waals surface area contributed by atoms with E-state index in [4.69, 9.17) is 15.3 Å². The zero-order valence-corrected chi connectivity index (χ0v) is 9.61. The number of ether oxygens (including phenoxy) is 1. The van der Waals surface area contributed by atoms with Crippen molar-refractivity contribution in [1.29, 1.82) is 0 Å². The average molecular weight is 222 g/mol. The molecule has 0 radical (unpaired) electrons. The number of nitrogen functional groups attached to an aromatic ring is 1. The SMILES string of the molecule is COc1ccc(N)cc1CN1CCCCO1. The molecule has 16 heavy (non-hydrogen) atoms. The number of hydrogen-bond acceptors (Lipinski definition) is 4. The molecule has 4 heteroatoms. The fraction of sp³-hybridized carbons (Fsp3) is 0.500. The van der Waals surface area contributed by atoms with Gasteiger partial charge in [0.2, 0.25) is 0 Å². The Morgan fingerprint density at radius 1 is 1.44 bits per heavy atom. The van der Waals surface area contributed by atoms with E-state index in [2.05, 4.69) is 0 Å². The number of hydroxylamine groups is 2. The van der Waals surface area contributed by atoms with Crippen LogP contribution in [0, 0.1) is 0 Å². The molecule has 1 heterocycles. The molecule has 4 nitrogen and oxygen atoms in total. The topological polar surface area (TPSA) is 47.7 Å². The van der Waals surface area contributed by atoms with Crippen molar-refractivity contribution < 1.29 is 9.57 Å². The number of benzene rings is 1. The van der Waals surface area contributed by atoms with Gasteiger partial charge in [0.05, 0.1) is 20.3 Å². The highest BCUT2D eigenvalue weighted by Gasteiger charge is 2.13. The quantitative estimate of drug-likeness (QED) is 0.792. The normalized spacial score (nSPS) is 17.3. The summed E-state index contributed by atoms with van der Waals surface area (Å²) in [6.45, 7) is 2.51. The van der Waals surface area contributed by atoms with Crippen LogP contribution in [0.15, 0.2) is 18.2 Å². The maximum absolute atomic E-state index is 5.77. The van der Waals surface area contributed by atoms with Gasteiger partial charge in [-0.05, 0) is 31.0 Å². The summed E-state index contributed by atoms with van der Waals surface area (Å²) in [6, 6.07) is 5.69. The van der Waals surface area contributed by atoms with Crippen molar-refractivity contribution in [2.24, 2.45) is 0 Å². The van der Waals surface area contributed by atoms with E-state index in [9.17, 15) is 0 Å². The third-order valence-corrected chi connectivity index (χ3v) is 2.73. The second-order valence-corrected chi connectivity index (χ2v) is 3.98.